The van der Waals surface area contributed by atoms with Crippen LogP contribution in [0.2, 0.25) is 0 Å². The van der Waals surface area contributed by atoms with Crippen molar-refractivity contribution in [3.63, 3.8) is 0 Å². The number of hydrogen-bond donors (Lipinski definition) is 1. The van der Waals surface area contributed by atoms with Crippen molar-refractivity contribution in [3.05, 3.63) is 90.0 Å². The van der Waals surface area contributed by atoms with Crippen LogP contribution < -0.4 is 9.80 Å². The highest BCUT2D eigenvalue weighted by molar-refractivity contribution is 6.08. The first-order chi connectivity index (χ1) is 16.6. The third kappa shape index (κ3) is 3.59. The number of aliphatic hydroxyl groups is 1. The van der Waals surface area contributed by atoms with Crippen LogP contribution in [0.1, 0.15) is 30.9 Å². The molecule has 3 aromatic rings. The topological polar surface area (TPSA) is 70.1 Å². The zero-order valence-electron chi connectivity index (χ0n) is 19.1. The highest BCUT2D eigenvalue weighted by atomic mass is 16.5. The number of benzene rings is 3. The minimum Gasteiger partial charge on any atom is -0.396 e. The maximum atomic E-state index is 14.0. The molecule has 2 heterocycles. The number of carbonyl (C=O) groups excluding carboxylic acids is 2. The first kappa shape index (κ1) is 22.3. The highest BCUT2D eigenvalue weighted by Crippen LogP contribution is 2.54. The predicted molar refractivity (Wildman–Crippen MR) is 131 cm³/mol. The van der Waals surface area contributed by atoms with Crippen LogP contribution >= 0.6 is 0 Å². The summed E-state index contributed by atoms with van der Waals surface area (Å²) < 4.78 is 6.49. The Labute approximate surface area is 199 Å². The first-order valence-corrected chi connectivity index (χ1v) is 11.7. The van der Waals surface area contributed by atoms with Gasteiger partial charge in [-0.2, -0.15) is 0 Å². The highest BCUT2D eigenvalue weighted by Gasteiger charge is 2.60. The molecular formula is C28H28N2O4. The lowest BCUT2D eigenvalue weighted by atomic mass is 9.82. The molecule has 0 saturated carbocycles. The largest absolute Gasteiger partial charge is 0.396 e. The Morgan fingerprint density at radius 3 is 2.44 bits per heavy atom. The fourth-order valence-corrected chi connectivity index (χ4v) is 5.31. The van der Waals surface area contributed by atoms with Gasteiger partial charge in [0.2, 0.25) is 6.41 Å². The van der Waals surface area contributed by atoms with Crippen molar-refractivity contribution in [2.24, 2.45) is 5.92 Å². The van der Waals surface area contributed by atoms with Gasteiger partial charge in [0.05, 0.1) is 18.3 Å². The lowest BCUT2D eigenvalue weighted by Crippen LogP contribution is -2.43. The Balaban J connectivity index is 1.61. The number of hydrogen-bond acceptors (Lipinski definition) is 4. The third-order valence-corrected chi connectivity index (χ3v) is 6.95. The van der Waals surface area contributed by atoms with Gasteiger partial charge in [0, 0.05) is 29.5 Å². The number of nitrogens with zero attached hydrogens (tertiary/aromatic N) is 2. The number of carbonyl (C=O) groups is 2. The Morgan fingerprint density at radius 2 is 1.76 bits per heavy atom. The van der Waals surface area contributed by atoms with Crippen molar-refractivity contribution in [3.8, 4) is 0 Å². The predicted octanol–water partition coefficient (Wildman–Crippen LogP) is 4.53. The van der Waals surface area contributed by atoms with Gasteiger partial charge in [-0.15, -0.1) is 0 Å². The summed E-state index contributed by atoms with van der Waals surface area (Å²) in [5, 5.41) is 9.51. The van der Waals surface area contributed by atoms with Crippen LogP contribution in [0.25, 0.3) is 0 Å². The molecule has 174 valence electrons. The summed E-state index contributed by atoms with van der Waals surface area (Å²) in [7, 11) is 0. The smallest absolute Gasteiger partial charge is 0.264 e. The van der Waals surface area contributed by atoms with Crippen LogP contribution in [-0.2, 0) is 26.5 Å². The van der Waals surface area contributed by atoms with Gasteiger partial charge in [-0.25, -0.2) is 0 Å². The monoisotopic (exact) mass is 456 g/mol. The number of fused-ring (bicyclic) bond motifs is 2. The van der Waals surface area contributed by atoms with Crippen LogP contribution in [0, 0.1) is 5.92 Å². The zero-order valence-corrected chi connectivity index (χ0v) is 19.1. The van der Waals surface area contributed by atoms with Crippen molar-refractivity contribution in [2.75, 3.05) is 16.4 Å². The van der Waals surface area contributed by atoms with Crippen molar-refractivity contribution < 1.29 is 19.4 Å². The quantitative estimate of drug-likeness (QED) is 0.531. The molecule has 0 bridgehead atoms. The summed E-state index contributed by atoms with van der Waals surface area (Å²) in [5.41, 5.74) is 2.89. The summed E-state index contributed by atoms with van der Waals surface area (Å²) >= 11 is 0. The normalized spacial score (nSPS) is 23.4. The van der Waals surface area contributed by atoms with Gasteiger partial charge in [0.15, 0.2) is 5.60 Å². The molecule has 0 aliphatic carbocycles. The van der Waals surface area contributed by atoms with Crippen LogP contribution in [-0.4, -0.2) is 30.1 Å². The van der Waals surface area contributed by atoms with E-state index in [1.165, 1.54) is 0 Å². The minimum atomic E-state index is -1.13. The lowest BCUT2D eigenvalue weighted by molar-refractivity contribution is -0.146. The summed E-state index contributed by atoms with van der Waals surface area (Å²) in [6.07, 6.45) is 1.76. The minimum absolute atomic E-state index is 0.00914. The number of anilines is 3. The van der Waals surface area contributed by atoms with E-state index in [2.05, 4.69) is 0 Å². The van der Waals surface area contributed by atoms with Gasteiger partial charge < -0.3 is 14.7 Å². The molecule has 0 radical (unpaired) electrons. The number of para-hydroxylation sites is 1. The SMILES string of the molecule is C[C@H]1C[C@@H](CCO)O[C@]12C(=O)N(Cc1ccccc1)c1ccc(N(C=O)c3ccccc3)cc12. The van der Waals surface area contributed by atoms with E-state index in [1.807, 2.05) is 85.8 Å². The number of rotatable bonds is 7. The van der Waals surface area contributed by atoms with Gasteiger partial charge >= 0.3 is 0 Å². The van der Waals surface area contributed by atoms with Gasteiger partial charge in [-0.05, 0) is 48.7 Å². The molecule has 3 atom stereocenters. The van der Waals surface area contributed by atoms with Crippen molar-refractivity contribution in [1.82, 2.24) is 0 Å². The van der Waals surface area contributed by atoms with Crippen LogP contribution in [0.15, 0.2) is 78.9 Å². The summed E-state index contributed by atoms with van der Waals surface area (Å²) in [6, 6.07) is 25.0. The van der Waals surface area contributed by atoms with Crippen molar-refractivity contribution >= 4 is 29.4 Å². The molecule has 1 N–H and O–H groups in total. The van der Waals surface area contributed by atoms with E-state index in [1.54, 1.807) is 9.80 Å². The second-order valence-electron chi connectivity index (χ2n) is 9.01. The molecule has 2 aliphatic heterocycles. The molecular weight excluding hydrogens is 428 g/mol. The molecule has 1 spiro atoms. The zero-order chi connectivity index (χ0) is 23.7. The average molecular weight is 457 g/mol. The Bertz CT molecular complexity index is 1180. The molecule has 5 rings (SSSR count). The van der Waals surface area contributed by atoms with Crippen molar-refractivity contribution in [1.29, 1.82) is 0 Å². The maximum Gasteiger partial charge on any atom is 0.264 e. The van der Waals surface area contributed by atoms with Gasteiger partial charge in [0.1, 0.15) is 0 Å². The van der Waals surface area contributed by atoms with E-state index in [9.17, 15) is 14.7 Å². The molecule has 2 amide bonds. The molecule has 6 nitrogen and oxygen atoms in total. The van der Waals surface area contributed by atoms with Crippen LogP contribution in [0.3, 0.4) is 0 Å². The van der Waals surface area contributed by atoms with Gasteiger partial charge in [0.25, 0.3) is 5.91 Å². The average Bonchev–Trinajstić information content (AvgIpc) is 3.31. The molecule has 0 aromatic heterocycles. The van der Waals surface area contributed by atoms with E-state index in [0.29, 0.717) is 25.1 Å². The number of ether oxygens (including phenoxy) is 1. The van der Waals surface area contributed by atoms with Gasteiger partial charge in [-0.3, -0.25) is 14.5 Å². The molecule has 1 saturated heterocycles. The van der Waals surface area contributed by atoms with E-state index in [0.717, 1.165) is 28.9 Å². The molecule has 1 fully saturated rings. The second-order valence-corrected chi connectivity index (χ2v) is 9.01. The number of aliphatic hydroxyl groups excluding tert-OH is 1. The summed E-state index contributed by atoms with van der Waals surface area (Å²) in [4.78, 5) is 29.5. The first-order valence-electron chi connectivity index (χ1n) is 11.7. The van der Waals surface area contributed by atoms with Crippen LogP contribution in [0.5, 0.6) is 0 Å². The fourth-order valence-electron chi connectivity index (χ4n) is 5.31. The van der Waals surface area contributed by atoms with E-state index < -0.39 is 5.60 Å². The third-order valence-electron chi connectivity index (χ3n) is 6.95. The molecule has 34 heavy (non-hydrogen) atoms. The second kappa shape index (κ2) is 9.05. The Kier molecular flexibility index (Phi) is 5.94. The Morgan fingerprint density at radius 1 is 1.06 bits per heavy atom. The lowest BCUT2D eigenvalue weighted by Gasteiger charge is -2.28. The van der Waals surface area contributed by atoms with E-state index in [-0.39, 0.29) is 24.5 Å². The molecule has 2 aliphatic rings. The summed E-state index contributed by atoms with van der Waals surface area (Å²) in [5.74, 6) is -0.165. The van der Waals surface area contributed by atoms with Crippen LogP contribution in [0.4, 0.5) is 17.1 Å². The maximum absolute atomic E-state index is 14.0. The van der Waals surface area contributed by atoms with Crippen molar-refractivity contribution in [2.45, 2.75) is 38.0 Å². The molecule has 0 unspecified atom stereocenters. The van der Waals surface area contributed by atoms with Gasteiger partial charge in [-0.1, -0.05) is 55.5 Å². The molecule has 6 heteroatoms. The summed E-state index contributed by atoms with van der Waals surface area (Å²) in [6.45, 7) is 2.48. The standard InChI is InChI=1S/C28H28N2O4/c1-20-16-24(14-15-31)34-28(20)25-17-23(30(19-32)22-10-6-3-7-11-22)12-13-26(25)29(27(28)33)18-21-8-4-2-5-9-21/h2-13,17,19-20,24,31H,14-16,18H2,1H3/t20-,24+,28+/m0/s1. The Hall–Kier alpha value is -3.48. The fraction of sp³-hybridized carbons (Fsp3) is 0.286. The molecule has 3 aromatic carbocycles. The van der Waals surface area contributed by atoms with E-state index >= 15 is 0 Å². The van der Waals surface area contributed by atoms with E-state index in [4.69, 9.17) is 4.74 Å². The number of amides is 2.